The molecule has 0 radical (unpaired) electrons. The van der Waals surface area contributed by atoms with Gasteiger partial charge in [0.2, 0.25) is 0 Å². The van der Waals surface area contributed by atoms with Crippen LogP contribution in [0.5, 0.6) is 0 Å². The predicted molar refractivity (Wildman–Crippen MR) is 61.5 cm³/mol. The number of Topliss-reactive ketones (excluding diaryl/α,β-unsaturated/α-hetero) is 1. The molecule has 4 nitrogen and oxygen atoms in total. The topological polar surface area (TPSA) is 67.5 Å². The van der Waals surface area contributed by atoms with Crippen molar-refractivity contribution in [3.63, 3.8) is 0 Å². The van der Waals surface area contributed by atoms with E-state index in [1.54, 1.807) is 0 Å². The third kappa shape index (κ3) is 2.56. The minimum atomic E-state index is -5.04. The molecule has 7 heteroatoms. The summed E-state index contributed by atoms with van der Waals surface area (Å²) in [6, 6.07) is 7.63. The Labute approximate surface area is 110 Å². The van der Waals surface area contributed by atoms with Crippen molar-refractivity contribution < 1.29 is 32.3 Å². The first-order chi connectivity index (χ1) is 9.30. The molecule has 0 aliphatic heterocycles. The Hall–Kier alpha value is -2.57. The van der Waals surface area contributed by atoms with E-state index in [-0.39, 0.29) is 16.9 Å². The van der Waals surface area contributed by atoms with Crippen LogP contribution in [0.4, 0.5) is 13.2 Å². The number of hydrogen-bond donors (Lipinski definition) is 1. The molecule has 1 aromatic heterocycles. The molecular formula is C13H7F3O4. The number of carbonyl (C=O) groups is 2. The highest BCUT2D eigenvalue weighted by Crippen LogP contribution is 2.29. The molecule has 2 aromatic rings. The maximum Gasteiger partial charge on any atom is 0.458 e. The van der Waals surface area contributed by atoms with E-state index in [0.717, 1.165) is 12.1 Å². The zero-order valence-corrected chi connectivity index (χ0v) is 9.77. The number of ketones is 1. The summed E-state index contributed by atoms with van der Waals surface area (Å²) in [5, 5.41) is 8.98. The molecule has 1 aromatic carbocycles. The Kier molecular flexibility index (Phi) is 3.35. The number of furan rings is 1. The lowest BCUT2D eigenvalue weighted by molar-refractivity contribution is -0.0899. The van der Waals surface area contributed by atoms with E-state index in [1.807, 2.05) is 0 Å². The van der Waals surface area contributed by atoms with Gasteiger partial charge in [0.25, 0.3) is 0 Å². The fraction of sp³-hybridized carbons (Fsp3) is 0.0769. The van der Waals surface area contributed by atoms with Crippen LogP contribution in [0.15, 0.2) is 40.8 Å². The first kappa shape index (κ1) is 13.9. The minimum absolute atomic E-state index is 0.0984. The van der Waals surface area contributed by atoms with Gasteiger partial charge in [-0.1, -0.05) is 18.2 Å². The Morgan fingerprint density at radius 1 is 1.05 bits per heavy atom. The molecule has 0 aliphatic rings. The molecule has 0 bridgehead atoms. The number of alkyl halides is 3. The number of carboxylic acid groups (broad SMARTS) is 1. The normalized spacial score (nSPS) is 11.3. The number of aromatic carboxylic acids is 1. The summed E-state index contributed by atoms with van der Waals surface area (Å²) in [6.07, 6.45) is -5.04. The number of hydrogen-bond acceptors (Lipinski definition) is 3. The van der Waals surface area contributed by atoms with Crippen LogP contribution in [0.1, 0.15) is 20.9 Å². The second kappa shape index (κ2) is 4.84. The summed E-state index contributed by atoms with van der Waals surface area (Å²) in [7, 11) is 0. The minimum Gasteiger partial charge on any atom is -0.478 e. The molecule has 0 fully saturated rings. The summed E-state index contributed by atoms with van der Waals surface area (Å²) in [6.45, 7) is 0. The van der Waals surface area contributed by atoms with E-state index in [0.29, 0.717) is 0 Å². The van der Waals surface area contributed by atoms with Crippen LogP contribution in [-0.2, 0) is 0 Å². The lowest BCUT2D eigenvalue weighted by atomic mass is 10.1. The third-order valence-corrected chi connectivity index (χ3v) is 2.51. The molecule has 0 aliphatic carbocycles. The van der Waals surface area contributed by atoms with Gasteiger partial charge in [-0.2, -0.15) is 13.2 Å². The van der Waals surface area contributed by atoms with E-state index in [4.69, 9.17) is 9.52 Å². The number of carboxylic acids is 1. The number of halogens is 3. The maximum absolute atomic E-state index is 12.3. The zero-order valence-electron chi connectivity index (χ0n) is 9.77. The van der Waals surface area contributed by atoms with Crippen LogP contribution >= 0.6 is 0 Å². The van der Waals surface area contributed by atoms with Crippen molar-refractivity contribution in [2.45, 2.75) is 6.18 Å². The van der Waals surface area contributed by atoms with Gasteiger partial charge in [0.05, 0.1) is 5.56 Å². The highest BCUT2D eigenvalue weighted by Gasteiger charge is 2.41. The van der Waals surface area contributed by atoms with Gasteiger partial charge in [0.15, 0.2) is 5.76 Å². The maximum atomic E-state index is 12.3. The smallest absolute Gasteiger partial charge is 0.458 e. The molecular weight excluding hydrogens is 277 g/mol. The first-order valence-electron chi connectivity index (χ1n) is 5.35. The second-order valence-corrected chi connectivity index (χ2v) is 3.84. The van der Waals surface area contributed by atoms with E-state index in [1.165, 1.54) is 24.3 Å². The van der Waals surface area contributed by atoms with E-state index in [2.05, 4.69) is 0 Å². The highest BCUT2D eigenvalue weighted by atomic mass is 19.4. The Balaban J connectivity index is 2.45. The second-order valence-electron chi connectivity index (χ2n) is 3.84. The van der Waals surface area contributed by atoms with Crippen molar-refractivity contribution in [3.05, 3.63) is 47.7 Å². The van der Waals surface area contributed by atoms with Crippen LogP contribution in [-0.4, -0.2) is 23.0 Å². The molecule has 1 heterocycles. The van der Waals surface area contributed by atoms with Gasteiger partial charge in [-0.3, -0.25) is 4.79 Å². The average Bonchev–Trinajstić information content (AvgIpc) is 2.86. The van der Waals surface area contributed by atoms with Crippen molar-refractivity contribution in [1.82, 2.24) is 0 Å². The molecule has 0 spiro atoms. The Morgan fingerprint density at radius 3 is 2.30 bits per heavy atom. The van der Waals surface area contributed by atoms with Crippen LogP contribution in [0.25, 0.3) is 11.3 Å². The molecule has 0 saturated carbocycles. The fourth-order valence-electron chi connectivity index (χ4n) is 1.63. The molecule has 2 rings (SSSR count). The van der Waals surface area contributed by atoms with Crippen LogP contribution in [0, 0.1) is 0 Å². The summed E-state index contributed by atoms with van der Waals surface area (Å²) >= 11 is 0. The van der Waals surface area contributed by atoms with Crippen molar-refractivity contribution in [2.75, 3.05) is 0 Å². The van der Waals surface area contributed by atoms with Gasteiger partial charge in [-0.25, -0.2) is 4.79 Å². The van der Waals surface area contributed by atoms with Gasteiger partial charge in [0.1, 0.15) is 5.76 Å². The SMILES string of the molecule is O=C(O)c1ccccc1-c1ccc(C(=O)C(F)(F)F)o1. The van der Waals surface area contributed by atoms with Crippen LogP contribution in [0.3, 0.4) is 0 Å². The van der Waals surface area contributed by atoms with Gasteiger partial charge in [-0.05, 0) is 18.2 Å². The summed E-state index contributed by atoms with van der Waals surface area (Å²) in [4.78, 5) is 22.0. The van der Waals surface area contributed by atoms with Crippen molar-refractivity contribution in [2.24, 2.45) is 0 Å². The molecule has 0 atom stereocenters. The third-order valence-electron chi connectivity index (χ3n) is 2.51. The molecule has 0 unspecified atom stereocenters. The van der Waals surface area contributed by atoms with E-state index in [9.17, 15) is 22.8 Å². The monoisotopic (exact) mass is 284 g/mol. The summed E-state index contributed by atoms with van der Waals surface area (Å²) in [5.41, 5.74) is -0.0333. The Morgan fingerprint density at radius 2 is 1.70 bits per heavy atom. The van der Waals surface area contributed by atoms with Crippen LogP contribution in [0.2, 0.25) is 0 Å². The van der Waals surface area contributed by atoms with Gasteiger partial charge >= 0.3 is 17.9 Å². The quantitative estimate of drug-likeness (QED) is 0.877. The zero-order chi connectivity index (χ0) is 14.9. The summed E-state index contributed by atoms with van der Waals surface area (Å²) < 4.78 is 41.6. The van der Waals surface area contributed by atoms with Gasteiger partial charge < -0.3 is 9.52 Å². The van der Waals surface area contributed by atoms with Crippen molar-refractivity contribution in [1.29, 1.82) is 0 Å². The van der Waals surface area contributed by atoms with Gasteiger partial charge in [-0.15, -0.1) is 0 Å². The number of benzene rings is 1. The van der Waals surface area contributed by atoms with E-state index >= 15 is 0 Å². The van der Waals surface area contributed by atoms with Gasteiger partial charge in [0, 0.05) is 5.56 Å². The summed E-state index contributed by atoms with van der Waals surface area (Å²) in [5.74, 6) is -4.36. The molecule has 0 amide bonds. The highest BCUT2D eigenvalue weighted by molar-refractivity contribution is 5.99. The van der Waals surface area contributed by atoms with Crippen molar-refractivity contribution >= 4 is 11.8 Å². The molecule has 20 heavy (non-hydrogen) atoms. The predicted octanol–water partition coefficient (Wildman–Crippen LogP) is 3.39. The van der Waals surface area contributed by atoms with Crippen molar-refractivity contribution in [3.8, 4) is 11.3 Å². The number of rotatable bonds is 3. The molecule has 1 N–H and O–H groups in total. The molecule has 104 valence electrons. The first-order valence-corrected chi connectivity index (χ1v) is 5.35. The Bertz CT molecular complexity index is 670. The fourth-order valence-corrected chi connectivity index (χ4v) is 1.63. The average molecular weight is 284 g/mol. The van der Waals surface area contributed by atoms with E-state index < -0.39 is 23.7 Å². The van der Waals surface area contributed by atoms with Crippen LogP contribution < -0.4 is 0 Å². The number of carbonyl (C=O) groups excluding carboxylic acids is 1. The lowest BCUT2D eigenvalue weighted by Crippen LogP contribution is -2.21. The largest absolute Gasteiger partial charge is 0.478 e. The molecule has 0 saturated heterocycles. The lowest BCUT2D eigenvalue weighted by Gasteiger charge is -2.03. The standard InChI is InChI=1S/C13H7F3O4/c14-13(15,16)11(17)10-6-5-9(20-10)7-3-1-2-4-8(7)12(18)19/h1-6H,(H,18,19).